The summed E-state index contributed by atoms with van der Waals surface area (Å²) in [5.41, 5.74) is 1.24. The van der Waals surface area contributed by atoms with Gasteiger partial charge in [-0.2, -0.15) is 0 Å². The van der Waals surface area contributed by atoms with Gasteiger partial charge in [-0.1, -0.05) is 6.07 Å². The number of hydrogen-bond acceptors (Lipinski definition) is 3. The van der Waals surface area contributed by atoms with Gasteiger partial charge in [-0.3, -0.25) is 9.59 Å². The zero-order valence-corrected chi connectivity index (χ0v) is 11.9. The average molecular weight is 276 g/mol. The Bertz CT molecular complexity index is 528. The van der Waals surface area contributed by atoms with Crippen LogP contribution in [-0.4, -0.2) is 52.9 Å². The molecular formula is C15H20N2O3. The summed E-state index contributed by atoms with van der Waals surface area (Å²) >= 11 is 0. The maximum Gasteiger partial charge on any atom is 0.254 e. The van der Waals surface area contributed by atoms with E-state index in [-0.39, 0.29) is 17.6 Å². The van der Waals surface area contributed by atoms with Gasteiger partial charge >= 0.3 is 0 Å². The second-order valence-corrected chi connectivity index (χ2v) is 5.15. The largest absolute Gasteiger partial charge is 0.508 e. The highest BCUT2D eigenvalue weighted by Gasteiger charge is 2.21. The lowest BCUT2D eigenvalue weighted by molar-refractivity contribution is -0.128. The summed E-state index contributed by atoms with van der Waals surface area (Å²) in [4.78, 5) is 27.3. The van der Waals surface area contributed by atoms with Crippen molar-refractivity contribution in [3.8, 4) is 5.75 Å². The fourth-order valence-electron chi connectivity index (χ4n) is 2.36. The lowest BCUT2D eigenvalue weighted by Gasteiger charge is -2.21. The van der Waals surface area contributed by atoms with Gasteiger partial charge in [0, 0.05) is 38.7 Å². The number of phenolic OH excluding ortho intramolecular Hbond substituents is 1. The molecule has 1 aromatic rings. The number of hydrogen-bond donors (Lipinski definition) is 1. The van der Waals surface area contributed by atoms with E-state index in [2.05, 4.69) is 0 Å². The van der Waals surface area contributed by atoms with Gasteiger partial charge in [0.05, 0.1) is 0 Å². The standard InChI is InChI=1S/C15H20N2O3/c1-11-4-5-13(10-14(11)19)15(20)17-7-3-6-16(8-9-17)12(2)18/h4-5,10,19H,3,6-9H2,1-2H3. The van der Waals surface area contributed by atoms with Crippen LogP contribution in [0.2, 0.25) is 0 Å². The molecule has 0 radical (unpaired) electrons. The molecule has 1 fully saturated rings. The van der Waals surface area contributed by atoms with Crippen molar-refractivity contribution in [3.05, 3.63) is 29.3 Å². The van der Waals surface area contributed by atoms with Crippen LogP contribution in [-0.2, 0) is 4.79 Å². The fourth-order valence-corrected chi connectivity index (χ4v) is 2.36. The molecule has 5 heteroatoms. The van der Waals surface area contributed by atoms with Crippen molar-refractivity contribution in [1.29, 1.82) is 0 Å². The Kier molecular flexibility index (Phi) is 4.27. The minimum atomic E-state index is -0.0919. The molecule has 0 saturated carbocycles. The number of phenols is 1. The topological polar surface area (TPSA) is 60.9 Å². The van der Waals surface area contributed by atoms with E-state index in [4.69, 9.17) is 0 Å². The predicted octanol–water partition coefficient (Wildman–Crippen LogP) is 1.40. The van der Waals surface area contributed by atoms with Crippen molar-refractivity contribution in [2.75, 3.05) is 26.2 Å². The maximum absolute atomic E-state index is 12.4. The average Bonchev–Trinajstić information content (AvgIpc) is 2.67. The van der Waals surface area contributed by atoms with Crippen LogP contribution in [0.25, 0.3) is 0 Å². The predicted molar refractivity (Wildman–Crippen MR) is 75.6 cm³/mol. The van der Waals surface area contributed by atoms with Crippen molar-refractivity contribution >= 4 is 11.8 Å². The van der Waals surface area contributed by atoms with E-state index in [1.54, 1.807) is 35.8 Å². The quantitative estimate of drug-likeness (QED) is 0.843. The molecule has 0 spiro atoms. The zero-order chi connectivity index (χ0) is 14.7. The van der Waals surface area contributed by atoms with Crippen LogP contribution in [0.5, 0.6) is 5.75 Å². The summed E-state index contributed by atoms with van der Waals surface area (Å²) in [6, 6.07) is 4.97. The van der Waals surface area contributed by atoms with Gasteiger partial charge in [-0.05, 0) is 31.0 Å². The zero-order valence-electron chi connectivity index (χ0n) is 11.9. The van der Waals surface area contributed by atoms with Crippen molar-refractivity contribution < 1.29 is 14.7 Å². The molecule has 2 rings (SSSR count). The molecule has 5 nitrogen and oxygen atoms in total. The van der Waals surface area contributed by atoms with E-state index < -0.39 is 0 Å². The number of carbonyl (C=O) groups excluding carboxylic acids is 2. The maximum atomic E-state index is 12.4. The van der Waals surface area contributed by atoms with E-state index >= 15 is 0 Å². The molecule has 0 aromatic heterocycles. The number of amides is 2. The Balaban J connectivity index is 2.09. The Morgan fingerprint density at radius 2 is 1.75 bits per heavy atom. The van der Waals surface area contributed by atoms with Crippen molar-refractivity contribution in [2.45, 2.75) is 20.3 Å². The van der Waals surface area contributed by atoms with Gasteiger partial charge in [-0.25, -0.2) is 0 Å². The number of rotatable bonds is 1. The highest BCUT2D eigenvalue weighted by atomic mass is 16.3. The normalized spacial score (nSPS) is 15.9. The van der Waals surface area contributed by atoms with Crippen LogP contribution >= 0.6 is 0 Å². The van der Waals surface area contributed by atoms with Gasteiger partial charge in [0.2, 0.25) is 5.91 Å². The van der Waals surface area contributed by atoms with Crippen molar-refractivity contribution in [2.24, 2.45) is 0 Å². The molecule has 1 N–H and O–H groups in total. The molecule has 0 aliphatic carbocycles. The number of carbonyl (C=O) groups is 2. The smallest absolute Gasteiger partial charge is 0.254 e. The number of nitrogens with zero attached hydrogens (tertiary/aromatic N) is 2. The summed E-state index contributed by atoms with van der Waals surface area (Å²) in [6.07, 6.45) is 0.781. The van der Waals surface area contributed by atoms with E-state index in [0.717, 1.165) is 12.0 Å². The number of benzene rings is 1. The third-order valence-corrected chi connectivity index (χ3v) is 3.68. The molecule has 2 amide bonds. The molecule has 1 aromatic carbocycles. The summed E-state index contributed by atoms with van der Waals surface area (Å²) in [5, 5.41) is 9.69. The monoisotopic (exact) mass is 276 g/mol. The Hall–Kier alpha value is -2.04. The van der Waals surface area contributed by atoms with Gasteiger partial charge in [0.15, 0.2) is 0 Å². The first-order valence-corrected chi connectivity index (χ1v) is 6.83. The van der Waals surface area contributed by atoms with Crippen LogP contribution in [0.1, 0.15) is 29.3 Å². The molecule has 1 heterocycles. The summed E-state index contributed by atoms with van der Waals surface area (Å²) < 4.78 is 0. The van der Waals surface area contributed by atoms with Crippen LogP contribution in [0, 0.1) is 6.92 Å². The van der Waals surface area contributed by atoms with E-state index in [1.165, 1.54) is 6.07 Å². The molecule has 1 aliphatic rings. The SMILES string of the molecule is CC(=O)N1CCCN(C(=O)c2ccc(C)c(O)c2)CC1. The van der Waals surface area contributed by atoms with Gasteiger partial charge in [0.25, 0.3) is 5.91 Å². The van der Waals surface area contributed by atoms with Gasteiger partial charge < -0.3 is 14.9 Å². The van der Waals surface area contributed by atoms with E-state index in [1.807, 2.05) is 0 Å². The first-order chi connectivity index (χ1) is 9.49. The second kappa shape index (κ2) is 5.94. The van der Waals surface area contributed by atoms with E-state index in [9.17, 15) is 14.7 Å². The Labute approximate surface area is 118 Å². The lowest BCUT2D eigenvalue weighted by atomic mass is 10.1. The van der Waals surface area contributed by atoms with E-state index in [0.29, 0.717) is 31.7 Å². The second-order valence-electron chi connectivity index (χ2n) is 5.15. The number of aryl methyl sites for hydroxylation is 1. The molecule has 0 unspecified atom stereocenters. The van der Waals surface area contributed by atoms with Crippen LogP contribution < -0.4 is 0 Å². The molecule has 1 aliphatic heterocycles. The molecule has 108 valence electrons. The minimum Gasteiger partial charge on any atom is -0.508 e. The summed E-state index contributed by atoms with van der Waals surface area (Å²) in [5.74, 6) is 0.0917. The third kappa shape index (κ3) is 3.10. The van der Waals surface area contributed by atoms with Crippen molar-refractivity contribution in [1.82, 2.24) is 9.80 Å². The van der Waals surface area contributed by atoms with Gasteiger partial charge in [-0.15, -0.1) is 0 Å². The molecule has 0 bridgehead atoms. The van der Waals surface area contributed by atoms with Gasteiger partial charge in [0.1, 0.15) is 5.75 Å². The lowest BCUT2D eigenvalue weighted by Crippen LogP contribution is -2.36. The first-order valence-electron chi connectivity index (χ1n) is 6.83. The number of aromatic hydroxyl groups is 1. The summed E-state index contributed by atoms with van der Waals surface area (Å²) in [7, 11) is 0. The highest BCUT2D eigenvalue weighted by molar-refractivity contribution is 5.94. The van der Waals surface area contributed by atoms with Crippen LogP contribution in [0.3, 0.4) is 0 Å². The summed E-state index contributed by atoms with van der Waals surface area (Å²) in [6.45, 7) is 5.78. The van der Waals surface area contributed by atoms with Crippen molar-refractivity contribution in [3.63, 3.8) is 0 Å². The fraction of sp³-hybridized carbons (Fsp3) is 0.467. The first kappa shape index (κ1) is 14.4. The molecule has 20 heavy (non-hydrogen) atoms. The Morgan fingerprint density at radius 3 is 2.40 bits per heavy atom. The highest BCUT2D eigenvalue weighted by Crippen LogP contribution is 2.19. The molecule has 1 saturated heterocycles. The molecular weight excluding hydrogens is 256 g/mol. The van der Waals surface area contributed by atoms with Crippen LogP contribution in [0.15, 0.2) is 18.2 Å². The third-order valence-electron chi connectivity index (χ3n) is 3.68. The Morgan fingerprint density at radius 1 is 1.10 bits per heavy atom. The minimum absolute atomic E-state index is 0.0484. The van der Waals surface area contributed by atoms with Crippen LogP contribution in [0.4, 0.5) is 0 Å². The molecule has 0 atom stereocenters.